The quantitative estimate of drug-likeness (QED) is 0.898. The normalized spacial score (nSPS) is 17.8. The van der Waals surface area contributed by atoms with Crippen LogP contribution in [-0.2, 0) is 19.4 Å². The molecule has 1 aliphatic rings. The van der Waals surface area contributed by atoms with Gasteiger partial charge in [-0.1, -0.05) is 24.3 Å². The Morgan fingerprint density at radius 3 is 2.75 bits per heavy atom. The fraction of sp³-hybridized carbons (Fsp3) is 0.294. The number of hydrogen-bond donors (Lipinski definition) is 2. The molecule has 104 valence electrons. The molecule has 0 amide bonds. The van der Waals surface area contributed by atoms with Crippen molar-refractivity contribution in [2.45, 2.75) is 31.8 Å². The summed E-state index contributed by atoms with van der Waals surface area (Å²) in [5.74, 6) is -0.411. The lowest BCUT2D eigenvalue weighted by Gasteiger charge is -2.25. The smallest absolute Gasteiger partial charge is 0.127 e. The standard InChI is InChI=1S/C17H18FNO/c18-15-7-12(8-17(20)10-15)11-19-16-6-5-13-3-1-2-4-14(13)9-16/h1-4,7-8,10,16,19-20H,5-6,9,11H2. The Balaban J connectivity index is 1.62. The van der Waals surface area contributed by atoms with Crippen molar-refractivity contribution in [3.05, 3.63) is 65.0 Å². The summed E-state index contributed by atoms with van der Waals surface area (Å²) in [6, 6.07) is 13.1. The maximum atomic E-state index is 13.2. The van der Waals surface area contributed by atoms with E-state index in [4.69, 9.17) is 0 Å². The van der Waals surface area contributed by atoms with Gasteiger partial charge < -0.3 is 10.4 Å². The van der Waals surface area contributed by atoms with Gasteiger partial charge in [0.15, 0.2) is 0 Å². The first-order valence-electron chi connectivity index (χ1n) is 6.99. The average Bonchev–Trinajstić information content (AvgIpc) is 2.44. The van der Waals surface area contributed by atoms with Crippen molar-refractivity contribution in [2.75, 3.05) is 0 Å². The average molecular weight is 271 g/mol. The van der Waals surface area contributed by atoms with Crippen LogP contribution < -0.4 is 5.32 Å². The third-order valence-electron chi connectivity index (χ3n) is 3.88. The number of aryl methyl sites for hydroxylation is 1. The van der Waals surface area contributed by atoms with E-state index in [0.717, 1.165) is 30.9 Å². The number of rotatable bonds is 3. The number of hydrogen-bond acceptors (Lipinski definition) is 2. The van der Waals surface area contributed by atoms with Gasteiger partial charge in [0, 0.05) is 18.7 Å². The lowest BCUT2D eigenvalue weighted by molar-refractivity contribution is 0.450. The van der Waals surface area contributed by atoms with Crippen LogP contribution in [0.5, 0.6) is 5.75 Å². The number of halogens is 1. The van der Waals surface area contributed by atoms with Crippen LogP contribution in [0.4, 0.5) is 4.39 Å². The second kappa shape index (κ2) is 5.63. The van der Waals surface area contributed by atoms with E-state index < -0.39 is 5.82 Å². The molecule has 0 bridgehead atoms. The van der Waals surface area contributed by atoms with Crippen molar-refractivity contribution in [1.82, 2.24) is 5.32 Å². The van der Waals surface area contributed by atoms with Gasteiger partial charge in [-0.25, -0.2) is 4.39 Å². The number of nitrogens with one attached hydrogen (secondary N) is 1. The van der Waals surface area contributed by atoms with Gasteiger partial charge in [-0.05, 0) is 48.1 Å². The fourth-order valence-corrected chi connectivity index (χ4v) is 2.87. The van der Waals surface area contributed by atoms with E-state index in [1.54, 1.807) is 6.07 Å². The van der Waals surface area contributed by atoms with Gasteiger partial charge in [-0.2, -0.15) is 0 Å². The summed E-state index contributed by atoms with van der Waals surface area (Å²) in [5.41, 5.74) is 3.62. The minimum absolute atomic E-state index is 0.0178. The third kappa shape index (κ3) is 2.99. The minimum atomic E-state index is -0.393. The molecule has 1 aliphatic carbocycles. The predicted octanol–water partition coefficient (Wildman–Crippen LogP) is 3.18. The summed E-state index contributed by atoms with van der Waals surface area (Å²) >= 11 is 0. The SMILES string of the molecule is Oc1cc(F)cc(CNC2CCc3ccccc3C2)c1. The van der Waals surface area contributed by atoms with Crippen LogP contribution in [0, 0.1) is 5.82 Å². The molecule has 1 unspecified atom stereocenters. The lowest BCUT2D eigenvalue weighted by atomic mass is 9.88. The number of benzene rings is 2. The summed E-state index contributed by atoms with van der Waals surface area (Å²) in [4.78, 5) is 0. The van der Waals surface area contributed by atoms with Crippen LogP contribution in [0.25, 0.3) is 0 Å². The molecule has 2 N–H and O–H groups in total. The first-order chi connectivity index (χ1) is 9.70. The molecular formula is C17H18FNO. The van der Waals surface area contributed by atoms with Crippen molar-refractivity contribution in [3.8, 4) is 5.75 Å². The van der Waals surface area contributed by atoms with Crippen LogP contribution in [-0.4, -0.2) is 11.1 Å². The summed E-state index contributed by atoms with van der Waals surface area (Å²) in [5, 5.41) is 12.8. The molecule has 3 heteroatoms. The first-order valence-corrected chi connectivity index (χ1v) is 6.99. The maximum Gasteiger partial charge on any atom is 0.127 e. The highest BCUT2D eigenvalue weighted by Crippen LogP contribution is 2.21. The van der Waals surface area contributed by atoms with Crippen LogP contribution in [0.3, 0.4) is 0 Å². The molecule has 0 aromatic heterocycles. The summed E-state index contributed by atoms with van der Waals surface area (Å²) in [6.45, 7) is 0.582. The predicted molar refractivity (Wildman–Crippen MR) is 77.2 cm³/mol. The molecule has 2 aromatic carbocycles. The van der Waals surface area contributed by atoms with E-state index in [2.05, 4.69) is 29.6 Å². The molecule has 0 spiro atoms. The van der Waals surface area contributed by atoms with Crippen molar-refractivity contribution in [3.63, 3.8) is 0 Å². The molecule has 1 atom stereocenters. The number of fused-ring (bicyclic) bond motifs is 1. The Kier molecular flexibility index (Phi) is 3.70. The molecular weight excluding hydrogens is 253 g/mol. The van der Waals surface area contributed by atoms with Gasteiger partial charge in [0.05, 0.1) is 0 Å². The monoisotopic (exact) mass is 271 g/mol. The van der Waals surface area contributed by atoms with E-state index >= 15 is 0 Å². The molecule has 20 heavy (non-hydrogen) atoms. The summed E-state index contributed by atoms with van der Waals surface area (Å²) in [7, 11) is 0. The molecule has 3 rings (SSSR count). The van der Waals surface area contributed by atoms with Crippen LogP contribution >= 0.6 is 0 Å². The zero-order chi connectivity index (χ0) is 13.9. The van der Waals surface area contributed by atoms with Gasteiger partial charge in [0.25, 0.3) is 0 Å². The highest BCUT2D eigenvalue weighted by atomic mass is 19.1. The van der Waals surface area contributed by atoms with Gasteiger partial charge in [0.2, 0.25) is 0 Å². The van der Waals surface area contributed by atoms with E-state index in [0.29, 0.717) is 12.6 Å². The van der Waals surface area contributed by atoms with Crippen molar-refractivity contribution in [1.29, 1.82) is 0 Å². The van der Waals surface area contributed by atoms with Crippen LogP contribution in [0.15, 0.2) is 42.5 Å². The highest BCUT2D eigenvalue weighted by molar-refractivity contribution is 5.31. The van der Waals surface area contributed by atoms with E-state index in [-0.39, 0.29) is 5.75 Å². The van der Waals surface area contributed by atoms with Crippen LogP contribution in [0.2, 0.25) is 0 Å². The number of phenols is 1. The molecule has 2 aromatic rings. The van der Waals surface area contributed by atoms with Gasteiger partial charge >= 0.3 is 0 Å². The Hall–Kier alpha value is -1.87. The zero-order valence-electron chi connectivity index (χ0n) is 11.3. The molecule has 0 saturated carbocycles. The minimum Gasteiger partial charge on any atom is -0.508 e. The molecule has 0 fully saturated rings. The molecule has 0 saturated heterocycles. The Bertz CT molecular complexity index is 591. The molecule has 0 heterocycles. The summed E-state index contributed by atoms with van der Waals surface area (Å²) in [6.07, 6.45) is 3.19. The van der Waals surface area contributed by atoms with Crippen molar-refractivity contribution >= 4 is 0 Å². The number of phenolic OH excluding ortho intramolecular Hbond substituents is 1. The van der Waals surface area contributed by atoms with Gasteiger partial charge in [0.1, 0.15) is 11.6 Å². The van der Waals surface area contributed by atoms with E-state index in [9.17, 15) is 9.50 Å². The largest absolute Gasteiger partial charge is 0.508 e. The van der Waals surface area contributed by atoms with Gasteiger partial charge in [-0.3, -0.25) is 0 Å². The lowest BCUT2D eigenvalue weighted by Crippen LogP contribution is -2.34. The Labute approximate surface area is 118 Å². The van der Waals surface area contributed by atoms with Gasteiger partial charge in [-0.15, -0.1) is 0 Å². The molecule has 0 radical (unpaired) electrons. The van der Waals surface area contributed by atoms with Crippen LogP contribution in [0.1, 0.15) is 23.1 Å². The third-order valence-corrected chi connectivity index (χ3v) is 3.88. The second-order valence-electron chi connectivity index (χ2n) is 5.41. The molecule has 0 aliphatic heterocycles. The Morgan fingerprint density at radius 2 is 1.95 bits per heavy atom. The van der Waals surface area contributed by atoms with E-state index in [1.165, 1.54) is 17.2 Å². The zero-order valence-corrected chi connectivity index (χ0v) is 11.3. The first kappa shape index (κ1) is 13.1. The highest BCUT2D eigenvalue weighted by Gasteiger charge is 2.17. The van der Waals surface area contributed by atoms with E-state index in [1.807, 2.05) is 0 Å². The fourth-order valence-electron chi connectivity index (χ4n) is 2.87. The second-order valence-corrected chi connectivity index (χ2v) is 5.41. The van der Waals surface area contributed by atoms with Crippen molar-refractivity contribution < 1.29 is 9.50 Å². The Morgan fingerprint density at radius 1 is 1.15 bits per heavy atom. The topological polar surface area (TPSA) is 32.3 Å². The summed E-state index contributed by atoms with van der Waals surface area (Å²) < 4.78 is 13.2. The molecule has 2 nitrogen and oxygen atoms in total. The maximum absolute atomic E-state index is 13.2. The number of aromatic hydroxyl groups is 1. The van der Waals surface area contributed by atoms with Crippen molar-refractivity contribution in [2.24, 2.45) is 0 Å².